The summed E-state index contributed by atoms with van der Waals surface area (Å²) in [6, 6.07) is -0.594. The Morgan fingerprint density at radius 3 is 2.33 bits per heavy atom. The van der Waals surface area contributed by atoms with E-state index in [9.17, 15) is 18.0 Å². The standard InChI is InChI=1S/C14H26N2O4S/c1-6-10(3)11-12(17)15-14(4,7-2)13(18)16(11)8-9-21(5,19)20/h10-11H,6-9H2,1-5H3,(H,15,17). The molecule has 0 spiro atoms. The van der Waals surface area contributed by atoms with Crippen molar-refractivity contribution in [2.75, 3.05) is 18.6 Å². The SMILES string of the molecule is CCC(C)C1C(=O)NC(C)(CC)C(=O)N1CCS(C)(=O)=O. The first-order valence-electron chi connectivity index (χ1n) is 7.36. The van der Waals surface area contributed by atoms with Gasteiger partial charge in [0.25, 0.3) is 0 Å². The van der Waals surface area contributed by atoms with Gasteiger partial charge in [0.05, 0.1) is 5.75 Å². The molecule has 21 heavy (non-hydrogen) atoms. The van der Waals surface area contributed by atoms with E-state index in [1.807, 2.05) is 20.8 Å². The van der Waals surface area contributed by atoms with Crippen molar-refractivity contribution in [3.05, 3.63) is 0 Å². The Labute approximate surface area is 127 Å². The quantitative estimate of drug-likeness (QED) is 0.776. The molecule has 3 unspecified atom stereocenters. The molecule has 1 fully saturated rings. The van der Waals surface area contributed by atoms with Crippen LogP contribution in [0.15, 0.2) is 0 Å². The lowest BCUT2D eigenvalue weighted by Gasteiger charge is -2.46. The van der Waals surface area contributed by atoms with Crippen LogP contribution < -0.4 is 5.32 Å². The fourth-order valence-electron chi connectivity index (χ4n) is 2.52. The summed E-state index contributed by atoms with van der Waals surface area (Å²) in [5, 5.41) is 2.81. The van der Waals surface area contributed by atoms with Gasteiger partial charge in [-0.15, -0.1) is 0 Å². The summed E-state index contributed by atoms with van der Waals surface area (Å²) in [7, 11) is -3.19. The summed E-state index contributed by atoms with van der Waals surface area (Å²) in [5.41, 5.74) is -0.946. The Kier molecular flexibility index (Phi) is 5.41. The maximum atomic E-state index is 12.7. The number of hydrogen-bond donors (Lipinski definition) is 1. The molecular weight excluding hydrogens is 292 g/mol. The van der Waals surface area contributed by atoms with E-state index in [-0.39, 0.29) is 30.0 Å². The zero-order valence-corrected chi connectivity index (χ0v) is 14.3. The molecule has 0 aromatic carbocycles. The molecule has 1 N–H and O–H groups in total. The van der Waals surface area contributed by atoms with Crippen molar-refractivity contribution in [2.24, 2.45) is 5.92 Å². The molecule has 122 valence electrons. The van der Waals surface area contributed by atoms with E-state index in [1.54, 1.807) is 6.92 Å². The van der Waals surface area contributed by atoms with Crippen molar-refractivity contribution in [2.45, 2.75) is 52.1 Å². The van der Waals surface area contributed by atoms with Gasteiger partial charge in [0.1, 0.15) is 21.4 Å². The molecule has 3 atom stereocenters. The molecule has 0 bridgehead atoms. The minimum absolute atomic E-state index is 0.0186. The van der Waals surface area contributed by atoms with E-state index in [2.05, 4.69) is 5.32 Å². The van der Waals surface area contributed by atoms with Crippen LogP contribution in [0.3, 0.4) is 0 Å². The van der Waals surface area contributed by atoms with E-state index in [1.165, 1.54) is 4.90 Å². The smallest absolute Gasteiger partial charge is 0.248 e. The maximum Gasteiger partial charge on any atom is 0.248 e. The van der Waals surface area contributed by atoms with Gasteiger partial charge in [-0.2, -0.15) is 0 Å². The number of rotatable bonds is 6. The second kappa shape index (κ2) is 6.34. The Morgan fingerprint density at radius 2 is 1.90 bits per heavy atom. The van der Waals surface area contributed by atoms with E-state index < -0.39 is 21.4 Å². The van der Waals surface area contributed by atoms with Crippen molar-refractivity contribution < 1.29 is 18.0 Å². The number of amides is 2. The van der Waals surface area contributed by atoms with Gasteiger partial charge in [-0.3, -0.25) is 9.59 Å². The summed E-state index contributed by atoms with van der Waals surface area (Å²) < 4.78 is 22.8. The molecule has 6 nitrogen and oxygen atoms in total. The fraction of sp³-hybridized carbons (Fsp3) is 0.857. The molecule has 7 heteroatoms. The first-order valence-corrected chi connectivity index (χ1v) is 9.42. The normalized spacial score (nSPS) is 28.4. The third-order valence-electron chi connectivity index (χ3n) is 4.33. The molecule has 0 saturated carbocycles. The van der Waals surface area contributed by atoms with Crippen LogP contribution in [0, 0.1) is 5.92 Å². The van der Waals surface area contributed by atoms with Crippen molar-refractivity contribution in [1.82, 2.24) is 10.2 Å². The molecule has 0 aromatic heterocycles. The van der Waals surface area contributed by atoms with Crippen molar-refractivity contribution in [3.8, 4) is 0 Å². The van der Waals surface area contributed by atoms with E-state index in [0.29, 0.717) is 6.42 Å². The summed E-state index contributed by atoms with van der Waals surface area (Å²) in [6.07, 6.45) is 2.35. The van der Waals surface area contributed by atoms with E-state index in [0.717, 1.165) is 12.7 Å². The number of hydrogen-bond acceptors (Lipinski definition) is 4. The number of carbonyl (C=O) groups is 2. The summed E-state index contributed by atoms with van der Waals surface area (Å²) in [6.45, 7) is 7.43. The third kappa shape index (κ3) is 3.96. The third-order valence-corrected chi connectivity index (χ3v) is 5.25. The van der Waals surface area contributed by atoms with Gasteiger partial charge in [0, 0.05) is 12.8 Å². The lowest BCUT2D eigenvalue weighted by atomic mass is 9.87. The van der Waals surface area contributed by atoms with Crippen molar-refractivity contribution in [3.63, 3.8) is 0 Å². The topological polar surface area (TPSA) is 83.6 Å². The fourth-order valence-corrected chi connectivity index (χ4v) is 3.05. The van der Waals surface area contributed by atoms with E-state index in [4.69, 9.17) is 0 Å². The first kappa shape index (κ1) is 17.9. The molecule has 1 saturated heterocycles. The molecule has 1 aliphatic heterocycles. The van der Waals surface area contributed by atoms with Crippen molar-refractivity contribution >= 4 is 21.7 Å². The van der Waals surface area contributed by atoms with Gasteiger partial charge in [0.2, 0.25) is 11.8 Å². The predicted molar refractivity (Wildman–Crippen MR) is 81.5 cm³/mol. The van der Waals surface area contributed by atoms with Crippen LogP contribution in [0.4, 0.5) is 0 Å². The van der Waals surface area contributed by atoms with Gasteiger partial charge in [-0.05, 0) is 19.3 Å². The lowest BCUT2D eigenvalue weighted by Crippen LogP contribution is -2.70. The van der Waals surface area contributed by atoms with Crippen LogP contribution in [-0.4, -0.2) is 55.3 Å². The first-order chi connectivity index (χ1) is 9.55. The number of carbonyl (C=O) groups excluding carboxylic acids is 2. The highest BCUT2D eigenvalue weighted by atomic mass is 32.2. The van der Waals surface area contributed by atoms with Crippen LogP contribution in [0.5, 0.6) is 0 Å². The highest BCUT2D eigenvalue weighted by Crippen LogP contribution is 2.26. The summed E-state index contributed by atoms with van der Waals surface area (Å²) >= 11 is 0. The number of nitrogens with zero attached hydrogens (tertiary/aromatic N) is 1. The number of sulfone groups is 1. The number of piperazine rings is 1. The zero-order valence-electron chi connectivity index (χ0n) is 13.5. The monoisotopic (exact) mass is 318 g/mol. The summed E-state index contributed by atoms with van der Waals surface area (Å²) in [4.78, 5) is 26.5. The molecular formula is C14H26N2O4S. The minimum atomic E-state index is -3.19. The molecule has 1 rings (SSSR count). The Balaban J connectivity index is 3.12. The van der Waals surface area contributed by atoms with Gasteiger partial charge in [-0.1, -0.05) is 27.2 Å². The van der Waals surface area contributed by atoms with Crippen molar-refractivity contribution in [1.29, 1.82) is 0 Å². The molecule has 1 heterocycles. The Morgan fingerprint density at radius 1 is 1.33 bits per heavy atom. The molecule has 2 amide bonds. The van der Waals surface area contributed by atoms with E-state index >= 15 is 0 Å². The highest BCUT2D eigenvalue weighted by Gasteiger charge is 2.48. The molecule has 1 aliphatic rings. The second-order valence-electron chi connectivity index (χ2n) is 6.13. The molecule has 0 aliphatic carbocycles. The average Bonchev–Trinajstić information content (AvgIpc) is 2.39. The molecule has 0 radical (unpaired) electrons. The van der Waals surface area contributed by atoms with Crippen LogP contribution in [-0.2, 0) is 19.4 Å². The van der Waals surface area contributed by atoms with Gasteiger partial charge in [-0.25, -0.2) is 8.42 Å². The maximum absolute atomic E-state index is 12.7. The lowest BCUT2D eigenvalue weighted by molar-refractivity contribution is -0.156. The van der Waals surface area contributed by atoms with Crippen LogP contribution in [0.25, 0.3) is 0 Å². The average molecular weight is 318 g/mol. The van der Waals surface area contributed by atoms with Gasteiger partial charge in [0.15, 0.2) is 0 Å². The highest BCUT2D eigenvalue weighted by molar-refractivity contribution is 7.90. The summed E-state index contributed by atoms with van der Waals surface area (Å²) in [5.74, 6) is -0.533. The Hall–Kier alpha value is -1.11. The van der Waals surface area contributed by atoms with Crippen LogP contribution in [0.2, 0.25) is 0 Å². The second-order valence-corrected chi connectivity index (χ2v) is 8.39. The molecule has 0 aromatic rings. The van der Waals surface area contributed by atoms with Crippen LogP contribution >= 0.6 is 0 Å². The zero-order chi connectivity index (χ0) is 16.4. The predicted octanol–water partition coefficient (Wildman–Crippen LogP) is 0.573. The minimum Gasteiger partial charge on any atom is -0.340 e. The number of nitrogens with one attached hydrogen (secondary N) is 1. The Bertz CT molecular complexity index is 517. The van der Waals surface area contributed by atoms with Gasteiger partial charge < -0.3 is 10.2 Å². The largest absolute Gasteiger partial charge is 0.340 e. The van der Waals surface area contributed by atoms with Gasteiger partial charge >= 0.3 is 0 Å². The van der Waals surface area contributed by atoms with Crippen LogP contribution in [0.1, 0.15) is 40.5 Å².